The van der Waals surface area contributed by atoms with Crippen LogP contribution in [0.2, 0.25) is 0 Å². The van der Waals surface area contributed by atoms with Crippen molar-refractivity contribution >= 4 is 11.7 Å². The number of carbonyl (C=O) groups is 1. The van der Waals surface area contributed by atoms with Gasteiger partial charge in [0.15, 0.2) is 0 Å². The first-order valence-electron chi connectivity index (χ1n) is 6.79. The third-order valence-electron chi connectivity index (χ3n) is 3.72. The molecule has 0 aliphatic carbocycles. The number of amides is 2. The lowest BCUT2D eigenvalue weighted by atomic mass is 9.89. The van der Waals surface area contributed by atoms with Crippen molar-refractivity contribution in [2.24, 2.45) is 0 Å². The van der Waals surface area contributed by atoms with Crippen LogP contribution in [0.3, 0.4) is 0 Å². The lowest BCUT2D eigenvalue weighted by molar-refractivity contribution is 0.193. The molecule has 1 aromatic carbocycles. The highest BCUT2D eigenvalue weighted by molar-refractivity contribution is 5.90. The Bertz CT molecular complexity index is 510. The first-order valence-corrected chi connectivity index (χ1v) is 6.79. The summed E-state index contributed by atoms with van der Waals surface area (Å²) in [7, 11) is 2.02. The van der Waals surface area contributed by atoms with Gasteiger partial charge in [0, 0.05) is 18.8 Å². The number of carbonyl (C=O) groups excluding carboxylic acids is 1. The predicted molar refractivity (Wildman–Crippen MR) is 78.4 cm³/mol. The van der Waals surface area contributed by atoms with Gasteiger partial charge in [-0.3, -0.25) is 0 Å². The summed E-state index contributed by atoms with van der Waals surface area (Å²) in [5, 5.41) is 15.0. The topological polar surface area (TPSA) is 68.2 Å². The number of nitriles is 1. The van der Waals surface area contributed by atoms with Gasteiger partial charge in [-0.25, -0.2) is 4.79 Å². The Morgan fingerprint density at radius 2 is 1.90 bits per heavy atom. The van der Waals surface area contributed by atoms with Crippen LogP contribution in [0, 0.1) is 18.3 Å². The summed E-state index contributed by atoms with van der Waals surface area (Å²) < 4.78 is 0. The molecule has 0 atom stereocenters. The van der Waals surface area contributed by atoms with E-state index in [9.17, 15) is 10.1 Å². The molecule has 0 unspecified atom stereocenters. The average Bonchev–Trinajstić information content (AvgIpc) is 2.44. The van der Waals surface area contributed by atoms with Gasteiger partial charge < -0.3 is 15.5 Å². The van der Waals surface area contributed by atoms with E-state index in [-0.39, 0.29) is 6.03 Å². The number of likely N-dealkylation sites (tertiary alicyclic amines) is 1. The largest absolute Gasteiger partial charge is 0.320 e. The summed E-state index contributed by atoms with van der Waals surface area (Å²) in [6, 6.07) is 9.52. The van der Waals surface area contributed by atoms with E-state index >= 15 is 0 Å². The van der Waals surface area contributed by atoms with E-state index in [1.165, 1.54) is 0 Å². The van der Waals surface area contributed by atoms with Crippen LogP contribution >= 0.6 is 0 Å². The van der Waals surface area contributed by atoms with Crippen molar-refractivity contribution in [1.29, 1.82) is 5.26 Å². The molecule has 20 heavy (non-hydrogen) atoms. The van der Waals surface area contributed by atoms with Crippen molar-refractivity contribution in [2.45, 2.75) is 25.3 Å². The van der Waals surface area contributed by atoms with Gasteiger partial charge >= 0.3 is 6.03 Å². The summed E-state index contributed by atoms with van der Waals surface area (Å²) >= 11 is 0. The second kappa shape index (κ2) is 5.93. The maximum absolute atomic E-state index is 12.0. The highest BCUT2D eigenvalue weighted by atomic mass is 16.2. The normalized spacial score (nSPS) is 18.1. The first-order chi connectivity index (χ1) is 9.53. The molecule has 1 aliphatic heterocycles. The Morgan fingerprint density at radius 1 is 1.30 bits per heavy atom. The average molecular weight is 272 g/mol. The van der Waals surface area contributed by atoms with E-state index in [1.807, 2.05) is 38.2 Å². The van der Waals surface area contributed by atoms with E-state index < -0.39 is 5.54 Å². The minimum absolute atomic E-state index is 0.319. The molecule has 1 saturated heterocycles. The van der Waals surface area contributed by atoms with Gasteiger partial charge in [-0.2, -0.15) is 5.26 Å². The molecular weight excluding hydrogens is 252 g/mol. The van der Waals surface area contributed by atoms with Gasteiger partial charge in [-0.15, -0.1) is 0 Å². The number of piperidine rings is 1. The van der Waals surface area contributed by atoms with Gasteiger partial charge in [0.25, 0.3) is 0 Å². The lowest BCUT2D eigenvalue weighted by Gasteiger charge is -2.35. The van der Waals surface area contributed by atoms with Gasteiger partial charge in [-0.05, 0) is 38.9 Å². The van der Waals surface area contributed by atoms with E-state index in [1.54, 1.807) is 0 Å². The van der Waals surface area contributed by atoms with E-state index in [4.69, 9.17) is 0 Å². The summed E-state index contributed by atoms with van der Waals surface area (Å²) in [4.78, 5) is 14.2. The quantitative estimate of drug-likeness (QED) is 0.866. The molecule has 0 saturated carbocycles. The maximum atomic E-state index is 12.0. The molecule has 1 fully saturated rings. The zero-order valence-corrected chi connectivity index (χ0v) is 11.9. The summed E-state index contributed by atoms with van der Waals surface area (Å²) in [5.41, 5.74) is 1.12. The zero-order chi connectivity index (χ0) is 14.6. The highest BCUT2D eigenvalue weighted by Crippen LogP contribution is 2.21. The monoisotopic (exact) mass is 272 g/mol. The number of urea groups is 1. The molecule has 2 rings (SSSR count). The molecule has 1 heterocycles. The number of nitrogens with one attached hydrogen (secondary N) is 2. The second-order valence-electron chi connectivity index (χ2n) is 5.44. The Hall–Kier alpha value is -2.06. The lowest BCUT2D eigenvalue weighted by Crippen LogP contribution is -2.54. The van der Waals surface area contributed by atoms with Crippen LogP contribution in [0.1, 0.15) is 18.4 Å². The summed E-state index contributed by atoms with van der Waals surface area (Å²) in [6.07, 6.45) is 1.31. The fourth-order valence-electron chi connectivity index (χ4n) is 2.28. The van der Waals surface area contributed by atoms with Gasteiger partial charge in [0.2, 0.25) is 0 Å². The molecule has 2 N–H and O–H groups in total. The minimum atomic E-state index is -0.749. The molecule has 0 bridgehead atoms. The fraction of sp³-hybridized carbons (Fsp3) is 0.467. The molecule has 1 aliphatic rings. The van der Waals surface area contributed by atoms with Crippen molar-refractivity contribution in [2.75, 3.05) is 25.5 Å². The van der Waals surface area contributed by atoms with Crippen LogP contribution < -0.4 is 10.6 Å². The third-order valence-corrected chi connectivity index (χ3v) is 3.72. The van der Waals surface area contributed by atoms with Crippen LogP contribution in [0.4, 0.5) is 10.5 Å². The van der Waals surface area contributed by atoms with Gasteiger partial charge in [0.05, 0.1) is 6.07 Å². The van der Waals surface area contributed by atoms with E-state index in [0.29, 0.717) is 12.8 Å². The molecule has 5 heteroatoms. The van der Waals surface area contributed by atoms with Crippen molar-refractivity contribution in [1.82, 2.24) is 10.2 Å². The Balaban J connectivity index is 1.96. The fourth-order valence-corrected chi connectivity index (χ4v) is 2.28. The molecule has 2 amide bonds. The minimum Gasteiger partial charge on any atom is -0.319 e. The number of rotatable bonds is 2. The van der Waals surface area contributed by atoms with Crippen molar-refractivity contribution in [3.63, 3.8) is 0 Å². The van der Waals surface area contributed by atoms with Crippen LogP contribution in [0.5, 0.6) is 0 Å². The molecular formula is C15H20N4O. The summed E-state index contributed by atoms with van der Waals surface area (Å²) in [5.74, 6) is 0. The number of hydrogen-bond acceptors (Lipinski definition) is 3. The van der Waals surface area contributed by atoms with E-state index in [2.05, 4.69) is 21.6 Å². The smallest absolute Gasteiger partial charge is 0.319 e. The number of hydrogen-bond donors (Lipinski definition) is 2. The number of benzene rings is 1. The van der Waals surface area contributed by atoms with Gasteiger partial charge in [-0.1, -0.05) is 17.7 Å². The third kappa shape index (κ3) is 3.49. The SMILES string of the molecule is Cc1ccc(NC(=O)NC2(C#N)CCN(C)CC2)cc1. The molecule has 5 nitrogen and oxygen atoms in total. The number of anilines is 1. The Labute approximate surface area is 119 Å². The summed E-state index contributed by atoms with van der Waals surface area (Å²) in [6.45, 7) is 3.63. The maximum Gasteiger partial charge on any atom is 0.320 e. The van der Waals surface area contributed by atoms with Crippen molar-refractivity contribution < 1.29 is 4.79 Å². The Kier molecular flexibility index (Phi) is 4.26. The van der Waals surface area contributed by atoms with Crippen molar-refractivity contribution in [3.05, 3.63) is 29.8 Å². The van der Waals surface area contributed by atoms with Crippen LogP contribution in [0.15, 0.2) is 24.3 Å². The molecule has 1 aromatic rings. The van der Waals surface area contributed by atoms with E-state index in [0.717, 1.165) is 24.3 Å². The zero-order valence-electron chi connectivity index (χ0n) is 11.9. The molecule has 0 spiro atoms. The number of aryl methyl sites for hydroxylation is 1. The highest BCUT2D eigenvalue weighted by Gasteiger charge is 2.35. The molecule has 0 aromatic heterocycles. The van der Waals surface area contributed by atoms with Crippen LogP contribution in [-0.4, -0.2) is 36.6 Å². The standard InChI is InChI=1S/C15H20N4O/c1-12-3-5-13(6-4-12)17-14(20)18-15(11-16)7-9-19(2)10-8-15/h3-6H,7-10H2,1-2H3,(H2,17,18,20). The predicted octanol–water partition coefficient (Wildman–Crippen LogP) is 2.10. The first kappa shape index (κ1) is 14.4. The van der Waals surface area contributed by atoms with Crippen LogP contribution in [-0.2, 0) is 0 Å². The van der Waals surface area contributed by atoms with Crippen LogP contribution in [0.25, 0.3) is 0 Å². The second-order valence-corrected chi connectivity index (χ2v) is 5.44. The molecule has 106 valence electrons. The Morgan fingerprint density at radius 3 is 2.45 bits per heavy atom. The van der Waals surface area contributed by atoms with Gasteiger partial charge in [0.1, 0.15) is 5.54 Å². The number of nitrogens with zero attached hydrogens (tertiary/aromatic N) is 2. The van der Waals surface area contributed by atoms with Crippen molar-refractivity contribution in [3.8, 4) is 6.07 Å². The molecule has 0 radical (unpaired) electrons.